The van der Waals surface area contributed by atoms with Crippen molar-refractivity contribution in [1.82, 2.24) is 0 Å². The second kappa shape index (κ2) is 8.69. The summed E-state index contributed by atoms with van der Waals surface area (Å²) >= 11 is 0. The molecule has 1 saturated carbocycles. The van der Waals surface area contributed by atoms with E-state index >= 15 is 0 Å². The zero-order valence-electron chi connectivity index (χ0n) is 18.0. The number of halogens is 5. The van der Waals surface area contributed by atoms with Crippen molar-refractivity contribution in [1.29, 1.82) is 0 Å². The number of hydrogen-bond donors (Lipinski definition) is 0. The van der Waals surface area contributed by atoms with Crippen LogP contribution in [0.2, 0.25) is 0 Å². The molecule has 0 saturated heterocycles. The van der Waals surface area contributed by atoms with Crippen LogP contribution in [0.5, 0.6) is 5.75 Å². The summed E-state index contributed by atoms with van der Waals surface area (Å²) in [7, 11) is -9.73. The topological polar surface area (TPSA) is 26.3 Å². The third kappa shape index (κ3) is 6.70. The van der Waals surface area contributed by atoms with Gasteiger partial charge in [0.05, 0.1) is 5.92 Å². The lowest BCUT2D eigenvalue weighted by molar-refractivity contribution is -0.140. The molecule has 0 unspecified atom stereocenters. The molecule has 2 nitrogen and oxygen atoms in total. The number of carbonyl (C=O) groups excluding carboxylic acids is 1. The minimum Gasteiger partial charge on any atom is -0.426 e. The Labute approximate surface area is 185 Å². The highest BCUT2D eigenvalue weighted by molar-refractivity contribution is 8.45. The van der Waals surface area contributed by atoms with Crippen LogP contribution in [0.3, 0.4) is 0 Å². The molecule has 0 heterocycles. The highest BCUT2D eigenvalue weighted by atomic mass is 32.5. The third-order valence-corrected chi connectivity index (χ3v) is 7.23. The summed E-state index contributed by atoms with van der Waals surface area (Å²) < 4.78 is 69.1. The zero-order valence-corrected chi connectivity index (χ0v) is 18.9. The zero-order chi connectivity index (χ0) is 23.5. The number of esters is 1. The molecule has 0 N–H and O–H groups in total. The Morgan fingerprint density at radius 2 is 1.47 bits per heavy atom. The lowest BCUT2D eigenvalue weighted by Gasteiger charge is -2.40. The molecule has 2 aromatic carbocycles. The summed E-state index contributed by atoms with van der Waals surface area (Å²) in [6.07, 6.45) is 7.55. The number of rotatable bonds is 8. The van der Waals surface area contributed by atoms with Crippen LogP contribution in [0.15, 0.2) is 53.4 Å². The fraction of sp³-hybridized carbons (Fsp3) is 0.458. The minimum atomic E-state index is -9.73. The fourth-order valence-electron chi connectivity index (χ4n) is 4.16. The van der Waals surface area contributed by atoms with Gasteiger partial charge in [-0.2, -0.15) is 0 Å². The molecule has 0 aliphatic heterocycles. The number of unbranched alkanes of at least 4 members (excludes halogenated alkanes) is 2. The Morgan fingerprint density at radius 3 is 2.00 bits per heavy atom. The second-order valence-electron chi connectivity index (χ2n) is 8.61. The van der Waals surface area contributed by atoms with Crippen molar-refractivity contribution in [2.75, 3.05) is 0 Å². The SMILES string of the molecule is CCCCCc1ccc([C@H]2CC[C@H](C(=O)Oc3ccc(S(F)(F)(F)(F)F)cc3)CC2)cc1. The van der Waals surface area contributed by atoms with Crippen LogP contribution in [-0.4, -0.2) is 5.97 Å². The van der Waals surface area contributed by atoms with Gasteiger partial charge in [0.1, 0.15) is 10.6 Å². The number of benzene rings is 2. The van der Waals surface area contributed by atoms with Crippen LogP contribution in [0.25, 0.3) is 0 Å². The van der Waals surface area contributed by atoms with Crippen molar-refractivity contribution in [2.24, 2.45) is 5.92 Å². The average Bonchev–Trinajstić information content (AvgIpc) is 2.73. The lowest BCUT2D eigenvalue weighted by Crippen LogP contribution is -2.25. The van der Waals surface area contributed by atoms with E-state index in [0.29, 0.717) is 18.8 Å². The summed E-state index contributed by atoms with van der Waals surface area (Å²) in [5.41, 5.74) is 2.58. The summed E-state index contributed by atoms with van der Waals surface area (Å²) in [4.78, 5) is 10.4. The third-order valence-electron chi connectivity index (χ3n) is 6.07. The van der Waals surface area contributed by atoms with Gasteiger partial charge in [-0.15, -0.1) is 0 Å². The van der Waals surface area contributed by atoms with Gasteiger partial charge < -0.3 is 4.74 Å². The second-order valence-corrected chi connectivity index (χ2v) is 11.0. The molecule has 1 fully saturated rings. The molecule has 0 amide bonds. The Balaban J connectivity index is 1.51. The van der Waals surface area contributed by atoms with Gasteiger partial charge in [0.2, 0.25) is 0 Å². The van der Waals surface area contributed by atoms with Crippen LogP contribution >= 0.6 is 10.2 Å². The lowest BCUT2D eigenvalue weighted by atomic mass is 9.78. The number of carbonyl (C=O) groups is 1. The maximum absolute atomic E-state index is 12.8. The van der Waals surface area contributed by atoms with Crippen LogP contribution < -0.4 is 4.74 Å². The Bertz CT molecular complexity index is 917. The van der Waals surface area contributed by atoms with E-state index in [4.69, 9.17) is 4.74 Å². The van der Waals surface area contributed by atoms with E-state index in [1.165, 1.54) is 30.4 Å². The van der Waals surface area contributed by atoms with Crippen LogP contribution in [0.4, 0.5) is 19.4 Å². The van der Waals surface area contributed by atoms with Gasteiger partial charge in [0.15, 0.2) is 0 Å². The highest BCUT2D eigenvalue weighted by Gasteiger charge is 2.65. The van der Waals surface area contributed by atoms with Gasteiger partial charge in [-0.3, -0.25) is 4.79 Å². The largest absolute Gasteiger partial charge is 0.426 e. The number of hydrogen-bond acceptors (Lipinski definition) is 2. The van der Waals surface area contributed by atoms with Gasteiger partial charge in [-0.1, -0.05) is 63.5 Å². The molecule has 0 radical (unpaired) electrons. The van der Waals surface area contributed by atoms with Crippen molar-refractivity contribution in [3.8, 4) is 5.75 Å². The quantitative estimate of drug-likeness (QED) is 0.164. The maximum atomic E-state index is 12.8. The first-order chi connectivity index (χ1) is 14.9. The summed E-state index contributed by atoms with van der Waals surface area (Å²) in [5.74, 6) is -0.688. The van der Waals surface area contributed by atoms with Crippen LogP contribution in [-0.2, 0) is 11.2 Å². The van der Waals surface area contributed by atoms with Crippen LogP contribution in [0, 0.1) is 5.92 Å². The van der Waals surface area contributed by atoms with Gasteiger partial charge in [-0.25, -0.2) is 0 Å². The van der Waals surface area contributed by atoms with Crippen LogP contribution in [0.1, 0.15) is 68.9 Å². The first-order valence-electron chi connectivity index (χ1n) is 11.0. The molecule has 1 aliphatic rings. The Kier molecular flexibility index (Phi) is 6.67. The molecular weight excluding hydrogens is 447 g/mol. The number of ether oxygens (including phenoxy) is 1. The van der Waals surface area contributed by atoms with Crippen molar-refractivity contribution in [3.63, 3.8) is 0 Å². The Hall–Kier alpha value is -2.09. The van der Waals surface area contributed by atoms with Gasteiger partial charge in [-0.05, 0) is 79.8 Å². The van der Waals surface area contributed by atoms with E-state index in [2.05, 4.69) is 31.2 Å². The minimum absolute atomic E-state index is 0.165. The molecule has 0 spiro atoms. The fourth-order valence-corrected chi connectivity index (χ4v) is 4.81. The Morgan fingerprint density at radius 1 is 0.875 bits per heavy atom. The summed E-state index contributed by atoms with van der Waals surface area (Å²) in [5, 5.41) is 0. The van der Waals surface area contributed by atoms with Gasteiger partial charge in [0, 0.05) is 0 Å². The van der Waals surface area contributed by atoms with E-state index in [1.54, 1.807) is 0 Å². The van der Waals surface area contributed by atoms with Crippen molar-refractivity contribution < 1.29 is 29.0 Å². The van der Waals surface area contributed by atoms with Gasteiger partial charge in [0.25, 0.3) is 0 Å². The molecule has 8 heteroatoms. The van der Waals surface area contributed by atoms with E-state index < -0.39 is 21.1 Å². The molecule has 32 heavy (non-hydrogen) atoms. The number of aryl methyl sites for hydroxylation is 1. The smallest absolute Gasteiger partial charge is 0.314 e. The van der Waals surface area contributed by atoms with Crippen molar-refractivity contribution in [3.05, 3.63) is 59.7 Å². The molecule has 0 aromatic heterocycles. The summed E-state index contributed by atoms with van der Waals surface area (Å²) in [6.45, 7) is 2.18. The normalized spacial score (nSPS) is 21.4. The predicted octanol–water partition coefficient (Wildman–Crippen LogP) is 8.96. The van der Waals surface area contributed by atoms with E-state index in [9.17, 15) is 24.2 Å². The molecule has 0 atom stereocenters. The molecule has 1 aliphatic carbocycles. The maximum Gasteiger partial charge on any atom is 0.314 e. The molecule has 0 bridgehead atoms. The molecule has 3 rings (SSSR count). The molecule has 2 aromatic rings. The molecule has 178 valence electrons. The van der Waals surface area contributed by atoms with E-state index in [0.717, 1.165) is 31.4 Å². The molecular formula is C24H29F5O2S. The standard InChI is InChI=1S/C24H29F5O2S/c1-2-3-4-5-18-6-8-19(9-7-18)20-10-12-21(13-11-20)24(30)31-22-14-16-23(17-15-22)32(25,26,27,28)29/h6-9,14-17,20-21H,2-5,10-13H2,1H3/t20-,21-. The van der Waals surface area contributed by atoms with E-state index in [-0.39, 0.29) is 23.8 Å². The monoisotopic (exact) mass is 476 g/mol. The highest BCUT2D eigenvalue weighted by Crippen LogP contribution is 3.02. The average molecular weight is 477 g/mol. The van der Waals surface area contributed by atoms with Gasteiger partial charge >= 0.3 is 16.2 Å². The first-order valence-corrected chi connectivity index (χ1v) is 13.0. The first kappa shape index (κ1) is 24.6. The predicted molar refractivity (Wildman–Crippen MR) is 118 cm³/mol. The van der Waals surface area contributed by atoms with Crippen molar-refractivity contribution >= 4 is 16.2 Å². The van der Waals surface area contributed by atoms with Crippen molar-refractivity contribution in [2.45, 2.75) is 69.1 Å². The van der Waals surface area contributed by atoms with E-state index in [1.807, 2.05) is 0 Å². The summed E-state index contributed by atoms with van der Waals surface area (Å²) in [6, 6.07) is 10.7.